The Kier molecular flexibility index (Phi) is 3.00. The maximum absolute atomic E-state index is 12.0. The molecular weight excluding hydrogens is 234 g/mol. The van der Waals surface area contributed by atoms with Crippen LogP contribution in [0, 0.1) is 0 Å². The summed E-state index contributed by atoms with van der Waals surface area (Å²) in [6.07, 6.45) is 3.37. The highest BCUT2D eigenvalue weighted by atomic mass is 16.3. The molecule has 7 nitrogen and oxygen atoms in total. The first-order valence-corrected chi connectivity index (χ1v) is 6.34. The zero-order valence-electron chi connectivity index (χ0n) is 10.1. The van der Waals surface area contributed by atoms with Crippen LogP contribution < -0.4 is 5.32 Å². The Morgan fingerprint density at radius 3 is 2.78 bits per heavy atom. The number of likely N-dealkylation sites (tertiary alicyclic amines) is 1. The van der Waals surface area contributed by atoms with Gasteiger partial charge in [0.15, 0.2) is 5.69 Å². The van der Waals surface area contributed by atoms with Crippen molar-refractivity contribution in [2.75, 3.05) is 26.2 Å². The minimum absolute atomic E-state index is 0.138. The van der Waals surface area contributed by atoms with Gasteiger partial charge in [0.2, 0.25) is 0 Å². The van der Waals surface area contributed by atoms with Crippen molar-refractivity contribution in [2.45, 2.75) is 25.0 Å². The second-order valence-electron chi connectivity index (χ2n) is 4.93. The number of nitrogens with one attached hydrogen (secondary N) is 1. The number of nitrogens with zero attached hydrogens (tertiary/aromatic N) is 4. The van der Waals surface area contributed by atoms with Gasteiger partial charge in [-0.1, -0.05) is 5.21 Å². The third kappa shape index (κ3) is 2.11. The molecule has 2 saturated heterocycles. The highest BCUT2D eigenvalue weighted by Gasteiger charge is 2.31. The number of piperidine rings is 1. The standard InChI is InChI=1S/C11H17N5O2/c17-9-5-15(6-9)11(18)10-7-16(14-13-10)8-1-3-12-4-2-8/h7-9,12,17H,1-6H2. The summed E-state index contributed by atoms with van der Waals surface area (Å²) < 4.78 is 1.80. The van der Waals surface area contributed by atoms with Crippen molar-refractivity contribution >= 4 is 5.91 Å². The third-order valence-corrected chi connectivity index (χ3v) is 3.56. The van der Waals surface area contributed by atoms with Crippen LogP contribution in [0.4, 0.5) is 0 Å². The van der Waals surface area contributed by atoms with Crippen LogP contribution in [0.5, 0.6) is 0 Å². The molecule has 0 aromatic carbocycles. The lowest BCUT2D eigenvalue weighted by Crippen LogP contribution is -2.53. The van der Waals surface area contributed by atoms with Crippen LogP contribution in [-0.4, -0.2) is 63.2 Å². The fourth-order valence-corrected chi connectivity index (χ4v) is 2.41. The van der Waals surface area contributed by atoms with Crippen LogP contribution in [-0.2, 0) is 0 Å². The number of β-amino-alcohol motifs (C(OH)–C–C–N with tert-alkyl or cyclic N) is 1. The van der Waals surface area contributed by atoms with E-state index in [9.17, 15) is 9.90 Å². The van der Waals surface area contributed by atoms with Gasteiger partial charge < -0.3 is 15.3 Å². The van der Waals surface area contributed by atoms with Gasteiger partial charge in [0.05, 0.1) is 18.3 Å². The van der Waals surface area contributed by atoms with E-state index in [4.69, 9.17) is 0 Å². The van der Waals surface area contributed by atoms with E-state index in [0.29, 0.717) is 24.8 Å². The van der Waals surface area contributed by atoms with Gasteiger partial charge in [0.1, 0.15) is 0 Å². The van der Waals surface area contributed by atoms with E-state index < -0.39 is 0 Å². The minimum atomic E-state index is -0.381. The summed E-state index contributed by atoms with van der Waals surface area (Å²) in [6.45, 7) is 2.76. The van der Waals surface area contributed by atoms with Crippen LogP contribution in [0.3, 0.4) is 0 Å². The highest BCUT2D eigenvalue weighted by Crippen LogP contribution is 2.18. The van der Waals surface area contributed by atoms with Crippen molar-refractivity contribution in [3.05, 3.63) is 11.9 Å². The SMILES string of the molecule is O=C(c1cn(C2CCNCC2)nn1)N1CC(O)C1. The van der Waals surface area contributed by atoms with Crippen molar-refractivity contribution in [3.8, 4) is 0 Å². The highest BCUT2D eigenvalue weighted by molar-refractivity contribution is 5.92. The van der Waals surface area contributed by atoms with E-state index in [1.807, 2.05) is 0 Å². The van der Waals surface area contributed by atoms with Gasteiger partial charge in [0.25, 0.3) is 5.91 Å². The predicted octanol–water partition coefficient (Wildman–Crippen LogP) is -0.981. The number of aliphatic hydroxyl groups is 1. The van der Waals surface area contributed by atoms with Crippen molar-refractivity contribution < 1.29 is 9.90 Å². The van der Waals surface area contributed by atoms with E-state index in [-0.39, 0.29) is 12.0 Å². The molecule has 0 spiro atoms. The van der Waals surface area contributed by atoms with Crippen LogP contribution >= 0.6 is 0 Å². The second kappa shape index (κ2) is 4.66. The van der Waals surface area contributed by atoms with Crippen LogP contribution in [0.2, 0.25) is 0 Å². The molecule has 0 bridgehead atoms. The Hall–Kier alpha value is -1.47. The van der Waals surface area contributed by atoms with Crippen LogP contribution in [0.1, 0.15) is 29.4 Å². The summed E-state index contributed by atoms with van der Waals surface area (Å²) in [4.78, 5) is 13.5. The van der Waals surface area contributed by atoms with Gasteiger partial charge >= 0.3 is 0 Å². The maximum Gasteiger partial charge on any atom is 0.276 e. The van der Waals surface area contributed by atoms with Crippen LogP contribution in [0.25, 0.3) is 0 Å². The van der Waals surface area contributed by atoms with Crippen molar-refractivity contribution in [3.63, 3.8) is 0 Å². The monoisotopic (exact) mass is 251 g/mol. The Bertz CT molecular complexity index is 434. The molecule has 0 radical (unpaired) electrons. The van der Waals surface area contributed by atoms with Gasteiger partial charge in [0, 0.05) is 13.1 Å². The molecule has 2 aliphatic rings. The fourth-order valence-electron chi connectivity index (χ4n) is 2.41. The zero-order valence-corrected chi connectivity index (χ0v) is 10.1. The van der Waals surface area contributed by atoms with E-state index in [1.165, 1.54) is 0 Å². The molecule has 2 fully saturated rings. The molecule has 18 heavy (non-hydrogen) atoms. The van der Waals surface area contributed by atoms with E-state index in [0.717, 1.165) is 25.9 Å². The van der Waals surface area contributed by atoms with E-state index in [2.05, 4.69) is 15.6 Å². The lowest BCUT2D eigenvalue weighted by molar-refractivity contribution is 0.00549. The largest absolute Gasteiger partial charge is 0.389 e. The lowest BCUT2D eigenvalue weighted by atomic mass is 10.1. The van der Waals surface area contributed by atoms with E-state index in [1.54, 1.807) is 15.8 Å². The van der Waals surface area contributed by atoms with Crippen molar-refractivity contribution in [2.24, 2.45) is 0 Å². The Morgan fingerprint density at radius 1 is 1.39 bits per heavy atom. The minimum Gasteiger partial charge on any atom is -0.389 e. The van der Waals surface area contributed by atoms with Crippen molar-refractivity contribution in [1.29, 1.82) is 0 Å². The smallest absolute Gasteiger partial charge is 0.276 e. The first-order valence-electron chi connectivity index (χ1n) is 6.34. The number of rotatable bonds is 2. The molecule has 0 atom stereocenters. The van der Waals surface area contributed by atoms with Crippen LogP contribution in [0.15, 0.2) is 6.20 Å². The average Bonchev–Trinajstić information content (AvgIpc) is 2.85. The molecule has 1 aromatic rings. The summed E-state index contributed by atoms with van der Waals surface area (Å²) in [7, 11) is 0. The molecule has 0 saturated carbocycles. The maximum atomic E-state index is 12.0. The number of aliphatic hydroxyl groups excluding tert-OH is 1. The molecular formula is C11H17N5O2. The summed E-state index contributed by atoms with van der Waals surface area (Å²) in [5.41, 5.74) is 0.375. The number of hydrogen-bond acceptors (Lipinski definition) is 5. The normalized spacial score (nSPS) is 21.9. The number of carbonyl (C=O) groups is 1. The Balaban J connectivity index is 1.67. The molecule has 1 amide bonds. The van der Waals surface area contributed by atoms with Gasteiger partial charge in [-0.2, -0.15) is 0 Å². The molecule has 7 heteroatoms. The summed E-state index contributed by atoms with van der Waals surface area (Å²) >= 11 is 0. The topological polar surface area (TPSA) is 83.3 Å². The summed E-state index contributed by atoms with van der Waals surface area (Å²) in [5, 5.41) is 20.5. The van der Waals surface area contributed by atoms with E-state index >= 15 is 0 Å². The van der Waals surface area contributed by atoms with Gasteiger partial charge in [-0.25, -0.2) is 4.68 Å². The number of amides is 1. The quantitative estimate of drug-likeness (QED) is 0.706. The summed E-state index contributed by atoms with van der Waals surface area (Å²) in [6, 6.07) is 0.335. The van der Waals surface area contributed by atoms with Gasteiger partial charge in [-0.3, -0.25) is 4.79 Å². The first-order chi connectivity index (χ1) is 8.74. The molecule has 2 N–H and O–H groups in total. The first kappa shape index (κ1) is 11.6. The second-order valence-corrected chi connectivity index (χ2v) is 4.93. The number of aromatic nitrogens is 3. The molecule has 0 unspecified atom stereocenters. The number of hydrogen-bond donors (Lipinski definition) is 2. The molecule has 0 aliphatic carbocycles. The Morgan fingerprint density at radius 2 is 2.11 bits per heavy atom. The molecule has 2 aliphatic heterocycles. The molecule has 3 rings (SSSR count). The molecule has 98 valence electrons. The van der Waals surface area contributed by atoms with Crippen molar-refractivity contribution in [1.82, 2.24) is 25.2 Å². The predicted molar refractivity (Wildman–Crippen MR) is 63.1 cm³/mol. The van der Waals surface area contributed by atoms with Gasteiger partial charge in [-0.05, 0) is 25.9 Å². The molecule has 3 heterocycles. The third-order valence-electron chi connectivity index (χ3n) is 3.56. The Labute approximate surface area is 105 Å². The average molecular weight is 251 g/mol. The summed E-state index contributed by atoms with van der Waals surface area (Å²) in [5.74, 6) is -0.138. The number of carbonyl (C=O) groups excluding carboxylic acids is 1. The molecule has 1 aromatic heterocycles. The van der Waals surface area contributed by atoms with Gasteiger partial charge in [-0.15, -0.1) is 5.10 Å². The fraction of sp³-hybridized carbons (Fsp3) is 0.727. The lowest BCUT2D eigenvalue weighted by Gasteiger charge is -2.35. The zero-order chi connectivity index (χ0) is 12.5.